The molecule has 5 heteroatoms. The Morgan fingerprint density at radius 2 is 2.33 bits per heavy atom. The number of aryl methyl sites for hydroxylation is 1. The molecule has 4 atom stereocenters. The first-order valence-corrected chi connectivity index (χ1v) is 7.40. The molecule has 0 spiro atoms. The first kappa shape index (κ1) is 12.1. The molecule has 0 aliphatic heterocycles. The zero-order valence-corrected chi connectivity index (χ0v) is 11.2. The van der Waals surface area contributed by atoms with Crippen molar-refractivity contribution in [2.75, 3.05) is 0 Å². The summed E-state index contributed by atoms with van der Waals surface area (Å²) in [7, 11) is 0. The highest BCUT2D eigenvalue weighted by Crippen LogP contribution is 2.48. The van der Waals surface area contributed by atoms with Gasteiger partial charge in [0.25, 0.3) is 0 Å². The summed E-state index contributed by atoms with van der Waals surface area (Å²) in [5.41, 5.74) is 1.03. The number of carboxylic acids is 1. The largest absolute Gasteiger partial charge is 0.481 e. The van der Waals surface area contributed by atoms with Gasteiger partial charge in [-0.25, -0.2) is 4.98 Å². The number of thiazole rings is 1. The lowest BCUT2D eigenvalue weighted by molar-refractivity contribution is -0.144. The summed E-state index contributed by atoms with van der Waals surface area (Å²) in [5.74, 6) is 0.121. The van der Waals surface area contributed by atoms with Crippen molar-refractivity contribution in [1.82, 2.24) is 10.3 Å². The monoisotopic (exact) mass is 266 g/mol. The molecule has 3 rings (SSSR count). The van der Waals surface area contributed by atoms with Crippen LogP contribution in [0.5, 0.6) is 0 Å². The van der Waals surface area contributed by atoms with Gasteiger partial charge in [-0.15, -0.1) is 11.3 Å². The lowest BCUT2D eigenvalue weighted by Crippen LogP contribution is -2.43. The molecule has 4 nitrogen and oxygen atoms in total. The number of aliphatic carboxylic acids is 1. The summed E-state index contributed by atoms with van der Waals surface area (Å²) in [6, 6.07) is 0.142. The summed E-state index contributed by atoms with van der Waals surface area (Å²) in [4.78, 5) is 15.8. The van der Waals surface area contributed by atoms with Gasteiger partial charge in [-0.1, -0.05) is 0 Å². The second-order valence-corrected chi connectivity index (χ2v) is 6.52. The zero-order valence-electron chi connectivity index (χ0n) is 10.4. The van der Waals surface area contributed by atoms with E-state index >= 15 is 0 Å². The van der Waals surface area contributed by atoms with Crippen molar-refractivity contribution in [3.05, 3.63) is 16.1 Å². The van der Waals surface area contributed by atoms with Gasteiger partial charge >= 0.3 is 5.97 Å². The Morgan fingerprint density at radius 1 is 1.56 bits per heavy atom. The zero-order chi connectivity index (χ0) is 12.7. The van der Waals surface area contributed by atoms with Gasteiger partial charge in [0, 0.05) is 18.0 Å². The van der Waals surface area contributed by atoms with Gasteiger partial charge in [-0.2, -0.15) is 0 Å². The van der Waals surface area contributed by atoms with Crippen LogP contribution in [0.1, 0.15) is 30.0 Å². The standard InChI is InChI=1S/C13H18N2O2S/c1-7-15-10(6-18-7)5-14-12-9-3-2-8(4-9)11(12)13(16)17/h6,8-9,11-12,14H,2-5H2,1H3,(H,16,17). The minimum absolute atomic E-state index is 0.142. The Morgan fingerprint density at radius 3 is 3.00 bits per heavy atom. The smallest absolute Gasteiger partial charge is 0.308 e. The summed E-state index contributed by atoms with van der Waals surface area (Å²) < 4.78 is 0. The average Bonchev–Trinajstić information content (AvgIpc) is 3.00. The molecule has 2 saturated carbocycles. The fourth-order valence-electron chi connectivity index (χ4n) is 3.65. The number of hydrogen-bond donors (Lipinski definition) is 2. The van der Waals surface area contributed by atoms with E-state index in [9.17, 15) is 9.90 Å². The van der Waals surface area contributed by atoms with Crippen LogP contribution in [0.25, 0.3) is 0 Å². The first-order valence-electron chi connectivity index (χ1n) is 6.52. The molecule has 2 fully saturated rings. The highest BCUT2D eigenvalue weighted by atomic mass is 32.1. The maximum absolute atomic E-state index is 11.4. The lowest BCUT2D eigenvalue weighted by atomic mass is 9.84. The van der Waals surface area contributed by atoms with Gasteiger partial charge in [0.05, 0.1) is 16.6 Å². The molecule has 0 saturated heterocycles. The minimum atomic E-state index is -0.630. The van der Waals surface area contributed by atoms with Crippen LogP contribution in [-0.4, -0.2) is 22.1 Å². The Bertz CT molecular complexity index is 460. The van der Waals surface area contributed by atoms with Gasteiger partial charge in [0.1, 0.15) is 0 Å². The Hall–Kier alpha value is -0.940. The number of fused-ring (bicyclic) bond motifs is 2. The highest BCUT2D eigenvalue weighted by molar-refractivity contribution is 7.09. The van der Waals surface area contributed by atoms with Gasteiger partial charge in [0.15, 0.2) is 0 Å². The second kappa shape index (κ2) is 4.63. The van der Waals surface area contributed by atoms with Crippen LogP contribution in [0.15, 0.2) is 5.38 Å². The number of aromatic nitrogens is 1. The van der Waals surface area contributed by atoms with Gasteiger partial charge in [0.2, 0.25) is 0 Å². The first-order chi connectivity index (χ1) is 8.65. The summed E-state index contributed by atoms with van der Waals surface area (Å²) in [5, 5.41) is 15.9. The normalized spacial score (nSPS) is 34.1. The van der Waals surface area contributed by atoms with E-state index in [1.807, 2.05) is 12.3 Å². The van der Waals surface area contributed by atoms with Crippen molar-refractivity contribution in [1.29, 1.82) is 0 Å². The van der Waals surface area contributed by atoms with E-state index in [1.165, 1.54) is 6.42 Å². The van der Waals surface area contributed by atoms with Crippen molar-refractivity contribution in [2.45, 2.75) is 38.8 Å². The molecule has 1 heterocycles. The third-order valence-electron chi connectivity index (χ3n) is 4.39. The SMILES string of the molecule is Cc1nc(CNC2C3CCC(C3)C2C(=O)O)cs1. The summed E-state index contributed by atoms with van der Waals surface area (Å²) in [6.07, 6.45) is 3.36. The van der Waals surface area contributed by atoms with Crippen molar-refractivity contribution in [2.24, 2.45) is 17.8 Å². The van der Waals surface area contributed by atoms with Crippen LogP contribution in [0.2, 0.25) is 0 Å². The fraction of sp³-hybridized carbons (Fsp3) is 0.692. The summed E-state index contributed by atoms with van der Waals surface area (Å²) in [6.45, 7) is 2.69. The third-order valence-corrected chi connectivity index (χ3v) is 5.21. The van der Waals surface area contributed by atoms with E-state index in [-0.39, 0.29) is 12.0 Å². The molecule has 2 N–H and O–H groups in total. The number of rotatable bonds is 4. The van der Waals surface area contributed by atoms with E-state index in [0.29, 0.717) is 18.4 Å². The molecule has 98 valence electrons. The van der Waals surface area contributed by atoms with E-state index in [4.69, 9.17) is 0 Å². The predicted octanol–water partition coefficient (Wildman–Crippen LogP) is 2.04. The van der Waals surface area contributed by atoms with Crippen LogP contribution < -0.4 is 5.32 Å². The average molecular weight is 266 g/mol. The van der Waals surface area contributed by atoms with Gasteiger partial charge in [-0.05, 0) is 38.0 Å². The quantitative estimate of drug-likeness (QED) is 0.875. The number of hydrogen-bond acceptors (Lipinski definition) is 4. The van der Waals surface area contributed by atoms with Crippen LogP contribution >= 0.6 is 11.3 Å². The number of nitrogens with one attached hydrogen (secondary N) is 1. The highest BCUT2D eigenvalue weighted by Gasteiger charge is 2.50. The number of carbonyl (C=O) groups is 1. The molecule has 4 unspecified atom stereocenters. The molecule has 2 aliphatic rings. The summed E-state index contributed by atoms with van der Waals surface area (Å²) >= 11 is 1.64. The Kier molecular flexibility index (Phi) is 3.11. The lowest BCUT2D eigenvalue weighted by Gasteiger charge is -2.28. The van der Waals surface area contributed by atoms with Crippen molar-refractivity contribution in [3.63, 3.8) is 0 Å². The Labute approximate surface area is 110 Å². The number of nitrogens with zero attached hydrogens (tertiary/aromatic N) is 1. The van der Waals surface area contributed by atoms with Crippen LogP contribution in [0, 0.1) is 24.7 Å². The molecule has 0 aromatic carbocycles. The van der Waals surface area contributed by atoms with Crippen molar-refractivity contribution in [3.8, 4) is 0 Å². The molecule has 0 radical (unpaired) electrons. The van der Waals surface area contributed by atoms with Gasteiger partial charge in [-0.3, -0.25) is 4.79 Å². The second-order valence-electron chi connectivity index (χ2n) is 5.46. The molecular weight excluding hydrogens is 248 g/mol. The molecule has 1 aromatic heterocycles. The fourth-order valence-corrected chi connectivity index (χ4v) is 4.26. The van der Waals surface area contributed by atoms with Crippen molar-refractivity contribution < 1.29 is 9.90 Å². The van der Waals surface area contributed by atoms with E-state index in [1.54, 1.807) is 11.3 Å². The molecule has 0 amide bonds. The van der Waals surface area contributed by atoms with E-state index < -0.39 is 5.97 Å². The van der Waals surface area contributed by atoms with Crippen LogP contribution in [0.4, 0.5) is 0 Å². The molecule has 1 aromatic rings. The molecule has 2 aliphatic carbocycles. The minimum Gasteiger partial charge on any atom is -0.481 e. The number of carboxylic acid groups (broad SMARTS) is 1. The predicted molar refractivity (Wildman–Crippen MR) is 69.4 cm³/mol. The topological polar surface area (TPSA) is 62.2 Å². The maximum atomic E-state index is 11.4. The van der Waals surface area contributed by atoms with Crippen molar-refractivity contribution >= 4 is 17.3 Å². The van der Waals surface area contributed by atoms with E-state index in [2.05, 4.69) is 10.3 Å². The third kappa shape index (κ3) is 2.06. The van der Waals surface area contributed by atoms with Crippen LogP contribution in [0.3, 0.4) is 0 Å². The molecule has 2 bridgehead atoms. The molecule has 18 heavy (non-hydrogen) atoms. The van der Waals surface area contributed by atoms with Gasteiger partial charge < -0.3 is 10.4 Å². The molecular formula is C13H18N2O2S. The van der Waals surface area contributed by atoms with E-state index in [0.717, 1.165) is 23.5 Å². The maximum Gasteiger partial charge on any atom is 0.308 e. The van der Waals surface area contributed by atoms with Crippen LogP contribution in [-0.2, 0) is 11.3 Å². The Balaban J connectivity index is 1.66.